The van der Waals surface area contributed by atoms with Crippen LogP contribution in [0, 0.1) is 0 Å². The lowest BCUT2D eigenvalue weighted by Crippen LogP contribution is -2.06. The van der Waals surface area contributed by atoms with Crippen LogP contribution in [0.4, 0.5) is 0 Å². The highest BCUT2D eigenvalue weighted by molar-refractivity contribution is 4.31. The molecule has 1 atom stereocenters. The van der Waals surface area contributed by atoms with Crippen molar-refractivity contribution in [3.05, 3.63) is 0 Å². The topological polar surface area (TPSA) is 49.7 Å². The second-order valence-electron chi connectivity index (χ2n) is 2.90. The van der Waals surface area contributed by atoms with Gasteiger partial charge in [0.2, 0.25) is 0 Å². The van der Waals surface area contributed by atoms with E-state index in [4.69, 9.17) is 14.9 Å². The highest BCUT2D eigenvalue weighted by atomic mass is 16.6. The molecule has 0 bridgehead atoms. The van der Waals surface area contributed by atoms with Gasteiger partial charge in [-0.3, -0.25) is 0 Å². The molecule has 1 unspecified atom stereocenters. The maximum absolute atomic E-state index is 8.56. The summed E-state index contributed by atoms with van der Waals surface area (Å²) in [6.45, 7) is 6.78. The number of aliphatic hydroxyl groups is 2. The molecule has 3 nitrogen and oxygen atoms in total. The van der Waals surface area contributed by atoms with Gasteiger partial charge in [0.25, 0.3) is 0 Å². The Bertz CT molecular complexity index is 72.6. The number of ether oxygens (including phenoxy) is 1. The summed E-state index contributed by atoms with van der Waals surface area (Å²) in [6, 6.07) is 0. The van der Waals surface area contributed by atoms with Crippen molar-refractivity contribution in [3.8, 4) is 0 Å². The third kappa shape index (κ3) is 24.5. The van der Waals surface area contributed by atoms with Gasteiger partial charge in [-0.25, -0.2) is 0 Å². The first-order valence-electron chi connectivity index (χ1n) is 5.09. The van der Waals surface area contributed by atoms with E-state index < -0.39 is 6.29 Å². The number of aliphatic hydroxyl groups excluding tert-OH is 2. The number of hydrogen-bond donors (Lipinski definition) is 2. The van der Waals surface area contributed by atoms with Crippen LogP contribution in [0.15, 0.2) is 0 Å². The summed E-state index contributed by atoms with van der Waals surface area (Å²) < 4.78 is 4.84. The van der Waals surface area contributed by atoms with E-state index in [0.29, 0.717) is 13.2 Å². The van der Waals surface area contributed by atoms with Crippen LogP contribution in [0.25, 0.3) is 0 Å². The molecule has 0 spiro atoms. The van der Waals surface area contributed by atoms with Crippen molar-refractivity contribution in [2.75, 3.05) is 13.2 Å². The van der Waals surface area contributed by atoms with E-state index in [2.05, 4.69) is 13.8 Å². The third-order valence-corrected chi connectivity index (χ3v) is 1.37. The number of rotatable bonds is 6. The summed E-state index contributed by atoms with van der Waals surface area (Å²) in [5.41, 5.74) is 0. The maximum atomic E-state index is 8.56. The molecule has 0 radical (unpaired) electrons. The van der Waals surface area contributed by atoms with Gasteiger partial charge in [-0.1, -0.05) is 26.7 Å². The Morgan fingerprint density at radius 1 is 1.15 bits per heavy atom. The lowest BCUT2D eigenvalue weighted by molar-refractivity contribution is -0.0856. The zero-order chi connectivity index (χ0) is 10.5. The molecule has 0 saturated heterocycles. The standard InChI is InChI=1S/C6H14O2.C4H10O/c1-3-4-5-8-6(2)7;1-2-3-4-5/h6-7H,3-5H2,1-2H3;5H,2-4H2,1H3. The summed E-state index contributed by atoms with van der Waals surface area (Å²) in [5, 5.41) is 16.6. The Morgan fingerprint density at radius 2 is 1.69 bits per heavy atom. The summed E-state index contributed by atoms with van der Waals surface area (Å²) in [4.78, 5) is 0. The quantitative estimate of drug-likeness (QED) is 0.499. The predicted octanol–water partition coefficient (Wildman–Crippen LogP) is 1.92. The summed E-state index contributed by atoms with van der Waals surface area (Å²) in [6.07, 6.45) is 3.59. The van der Waals surface area contributed by atoms with E-state index in [1.54, 1.807) is 6.92 Å². The molecule has 0 aliphatic carbocycles. The van der Waals surface area contributed by atoms with Gasteiger partial charge in [-0.15, -0.1) is 0 Å². The molecule has 82 valence electrons. The number of hydrogen-bond acceptors (Lipinski definition) is 3. The minimum absolute atomic E-state index is 0.344. The van der Waals surface area contributed by atoms with Gasteiger partial charge >= 0.3 is 0 Å². The molecule has 0 aromatic heterocycles. The second-order valence-corrected chi connectivity index (χ2v) is 2.90. The molecule has 0 heterocycles. The Hall–Kier alpha value is -0.120. The largest absolute Gasteiger partial charge is 0.396 e. The monoisotopic (exact) mass is 192 g/mol. The molecule has 2 N–H and O–H groups in total. The molecular formula is C10H24O3. The zero-order valence-corrected chi connectivity index (χ0v) is 9.12. The molecular weight excluding hydrogens is 168 g/mol. The van der Waals surface area contributed by atoms with Crippen LogP contribution in [0.1, 0.15) is 46.5 Å². The molecule has 0 fully saturated rings. The smallest absolute Gasteiger partial charge is 0.151 e. The predicted molar refractivity (Wildman–Crippen MR) is 54.5 cm³/mol. The highest BCUT2D eigenvalue weighted by Crippen LogP contribution is 1.90. The second kappa shape index (κ2) is 14.4. The van der Waals surface area contributed by atoms with E-state index >= 15 is 0 Å². The Balaban J connectivity index is 0. The summed E-state index contributed by atoms with van der Waals surface area (Å²) in [7, 11) is 0. The fourth-order valence-corrected chi connectivity index (χ4v) is 0.556. The van der Waals surface area contributed by atoms with Gasteiger partial charge in [-0.2, -0.15) is 0 Å². The fourth-order valence-electron chi connectivity index (χ4n) is 0.556. The normalized spacial score (nSPS) is 11.8. The van der Waals surface area contributed by atoms with Crippen LogP contribution in [-0.2, 0) is 4.74 Å². The van der Waals surface area contributed by atoms with Gasteiger partial charge in [0.1, 0.15) is 0 Å². The highest BCUT2D eigenvalue weighted by Gasteiger charge is 1.90. The van der Waals surface area contributed by atoms with Crippen molar-refractivity contribution < 1.29 is 14.9 Å². The lowest BCUT2D eigenvalue weighted by Gasteiger charge is -2.03. The first kappa shape index (κ1) is 15.4. The summed E-state index contributed by atoms with van der Waals surface area (Å²) >= 11 is 0. The van der Waals surface area contributed by atoms with E-state index in [1.807, 2.05) is 0 Å². The number of unbranched alkanes of at least 4 members (excludes halogenated alkanes) is 2. The SMILES string of the molecule is CCCCO.CCCCOC(C)O. The van der Waals surface area contributed by atoms with Crippen LogP contribution >= 0.6 is 0 Å². The molecule has 0 aromatic rings. The van der Waals surface area contributed by atoms with Crippen molar-refractivity contribution in [1.29, 1.82) is 0 Å². The van der Waals surface area contributed by atoms with Crippen molar-refractivity contribution in [3.63, 3.8) is 0 Å². The van der Waals surface area contributed by atoms with Gasteiger partial charge < -0.3 is 14.9 Å². The van der Waals surface area contributed by atoms with Gasteiger partial charge in [0.15, 0.2) is 6.29 Å². The average Bonchev–Trinajstić information content (AvgIpc) is 2.07. The first-order valence-corrected chi connectivity index (χ1v) is 5.09. The molecule has 0 rings (SSSR count). The summed E-state index contributed by atoms with van der Waals surface area (Å²) in [5.74, 6) is 0. The molecule has 13 heavy (non-hydrogen) atoms. The molecule has 3 heteroatoms. The average molecular weight is 192 g/mol. The van der Waals surface area contributed by atoms with Crippen molar-refractivity contribution in [2.24, 2.45) is 0 Å². The van der Waals surface area contributed by atoms with E-state index in [0.717, 1.165) is 25.7 Å². The molecule has 0 aliphatic rings. The third-order valence-electron chi connectivity index (χ3n) is 1.37. The molecule has 0 saturated carbocycles. The van der Waals surface area contributed by atoms with E-state index in [9.17, 15) is 0 Å². The minimum atomic E-state index is -0.596. The molecule has 0 aliphatic heterocycles. The Labute approximate surface area is 81.7 Å². The van der Waals surface area contributed by atoms with Gasteiger partial charge in [0, 0.05) is 13.2 Å². The van der Waals surface area contributed by atoms with Crippen LogP contribution in [-0.4, -0.2) is 29.7 Å². The van der Waals surface area contributed by atoms with Crippen LogP contribution in [0.2, 0.25) is 0 Å². The molecule has 0 amide bonds. The van der Waals surface area contributed by atoms with Crippen molar-refractivity contribution >= 4 is 0 Å². The van der Waals surface area contributed by atoms with Crippen molar-refractivity contribution in [2.45, 2.75) is 52.7 Å². The van der Waals surface area contributed by atoms with Crippen LogP contribution in [0.5, 0.6) is 0 Å². The van der Waals surface area contributed by atoms with Crippen LogP contribution < -0.4 is 0 Å². The van der Waals surface area contributed by atoms with Gasteiger partial charge in [-0.05, 0) is 19.8 Å². The molecule has 0 aromatic carbocycles. The Kier molecular flexibility index (Phi) is 17.0. The fraction of sp³-hybridized carbons (Fsp3) is 1.00. The Morgan fingerprint density at radius 3 is 1.92 bits per heavy atom. The van der Waals surface area contributed by atoms with E-state index in [1.165, 1.54) is 0 Å². The van der Waals surface area contributed by atoms with Crippen LogP contribution in [0.3, 0.4) is 0 Å². The zero-order valence-electron chi connectivity index (χ0n) is 9.12. The maximum Gasteiger partial charge on any atom is 0.151 e. The lowest BCUT2D eigenvalue weighted by atomic mass is 10.4. The van der Waals surface area contributed by atoms with Crippen molar-refractivity contribution in [1.82, 2.24) is 0 Å². The first-order chi connectivity index (χ1) is 6.18. The van der Waals surface area contributed by atoms with Gasteiger partial charge in [0.05, 0.1) is 0 Å². The van der Waals surface area contributed by atoms with E-state index in [-0.39, 0.29) is 0 Å². The minimum Gasteiger partial charge on any atom is -0.396 e.